The zero-order chi connectivity index (χ0) is 12.8. The Morgan fingerprint density at radius 1 is 1.35 bits per heavy atom. The third-order valence-corrected chi connectivity index (χ3v) is 2.06. The first kappa shape index (κ1) is 12.9. The van der Waals surface area contributed by atoms with Crippen LogP contribution in [0.15, 0.2) is 18.2 Å². The minimum atomic E-state index is -0.640. The van der Waals surface area contributed by atoms with Crippen molar-refractivity contribution in [2.75, 3.05) is 7.11 Å². The van der Waals surface area contributed by atoms with Crippen molar-refractivity contribution >= 4 is 18.2 Å². The first-order chi connectivity index (χ1) is 8.10. The Bertz CT molecular complexity index is 450. The fraction of sp³-hybridized carbons (Fsp3) is 0.250. The highest BCUT2D eigenvalue weighted by Gasteiger charge is 2.18. The maximum Gasteiger partial charge on any atom is 0.341 e. The standard InChI is InChI=1S/C12H12O5/c1-8(14)17-10-5-3-4-9(6-7-13)11(10)12(15)16-2/h3-5,7H,6H2,1-2H3. The molecule has 5 heteroatoms. The molecule has 0 aliphatic heterocycles. The minimum absolute atomic E-state index is 0.0551. The zero-order valence-corrected chi connectivity index (χ0v) is 9.56. The SMILES string of the molecule is COC(=O)c1c(CC=O)cccc1OC(C)=O. The molecule has 1 aromatic rings. The average Bonchev–Trinajstić information content (AvgIpc) is 2.28. The van der Waals surface area contributed by atoms with Gasteiger partial charge in [-0.15, -0.1) is 0 Å². The van der Waals surface area contributed by atoms with E-state index < -0.39 is 11.9 Å². The van der Waals surface area contributed by atoms with E-state index in [-0.39, 0.29) is 17.7 Å². The van der Waals surface area contributed by atoms with E-state index in [9.17, 15) is 14.4 Å². The molecule has 0 heterocycles. The van der Waals surface area contributed by atoms with E-state index in [0.29, 0.717) is 11.8 Å². The van der Waals surface area contributed by atoms with Gasteiger partial charge in [-0.1, -0.05) is 12.1 Å². The van der Waals surface area contributed by atoms with Gasteiger partial charge in [0.05, 0.1) is 7.11 Å². The molecule has 90 valence electrons. The lowest BCUT2D eigenvalue weighted by Crippen LogP contribution is -2.12. The number of hydrogen-bond donors (Lipinski definition) is 0. The second-order valence-electron chi connectivity index (χ2n) is 3.25. The Hall–Kier alpha value is -2.17. The number of carbonyl (C=O) groups excluding carboxylic acids is 3. The Balaban J connectivity index is 3.27. The van der Waals surface area contributed by atoms with Gasteiger partial charge < -0.3 is 14.3 Å². The normalized spacial score (nSPS) is 9.53. The molecule has 0 aromatic heterocycles. The van der Waals surface area contributed by atoms with Crippen molar-refractivity contribution in [2.24, 2.45) is 0 Å². The molecule has 0 atom stereocenters. The molecule has 0 aliphatic carbocycles. The molecule has 0 spiro atoms. The molecule has 0 saturated carbocycles. The van der Waals surface area contributed by atoms with Gasteiger partial charge in [0.15, 0.2) is 0 Å². The van der Waals surface area contributed by atoms with Crippen LogP contribution in [-0.4, -0.2) is 25.3 Å². The molecule has 5 nitrogen and oxygen atoms in total. The van der Waals surface area contributed by atoms with E-state index in [0.717, 1.165) is 0 Å². The quantitative estimate of drug-likeness (QED) is 0.445. The van der Waals surface area contributed by atoms with E-state index in [2.05, 4.69) is 4.74 Å². The average molecular weight is 236 g/mol. The highest BCUT2D eigenvalue weighted by molar-refractivity contribution is 5.95. The topological polar surface area (TPSA) is 69.7 Å². The number of esters is 2. The predicted octanol–water partition coefficient (Wildman–Crippen LogP) is 1.14. The molecular weight excluding hydrogens is 224 g/mol. The molecular formula is C12H12O5. The maximum absolute atomic E-state index is 11.6. The number of aldehydes is 1. The molecule has 0 aliphatic rings. The lowest BCUT2D eigenvalue weighted by atomic mass is 10.0. The Morgan fingerprint density at radius 2 is 2.06 bits per heavy atom. The lowest BCUT2D eigenvalue weighted by Gasteiger charge is -2.10. The van der Waals surface area contributed by atoms with Crippen LogP contribution in [0.3, 0.4) is 0 Å². The second-order valence-corrected chi connectivity index (χ2v) is 3.25. The number of methoxy groups -OCH3 is 1. The van der Waals surface area contributed by atoms with Crippen LogP contribution in [0.25, 0.3) is 0 Å². The molecule has 17 heavy (non-hydrogen) atoms. The van der Waals surface area contributed by atoms with Crippen molar-refractivity contribution in [3.05, 3.63) is 29.3 Å². The number of benzene rings is 1. The molecule has 0 fully saturated rings. The third kappa shape index (κ3) is 3.14. The van der Waals surface area contributed by atoms with Crippen molar-refractivity contribution in [3.8, 4) is 5.75 Å². The molecule has 1 rings (SSSR count). The fourth-order valence-corrected chi connectivity index (χ4v) is 1.41. The van der Waals surface area contributed by atoms with Gasteiger partial charge in [0.2, 0.25) is 0 Å². The highest BCUT2D eigenvalue weighted by atomic mass is 16.5. The summed E-state index contributed by atoms with van der Waals surface area (Å²) >= 11 is 0. The summed E-state index contributed by atoms with van der Waals surface area (Å²) in [6, 6.07) is 4.68. The van der Waals surface area contributed by atoms with Crippen LogP contribution in [0.2, 0.25) is 0 Å². The van der Waals surface area contributed by atoms with Crippen molar-refractivity contribution in [3.63, 3.8) is 0 Å². The van der Waals surface area contributed by atoms with Crippen LogP contribution in [-0.2, 0) is 20.7 Å². The largest absolute Gasteiger partial charge is 0.465 e. The van der Waals surface area contributed by atoms with Gasteiger partial charge in [0.1, 0.15) is 17.6 Å². The molecule has 0 saturated heterocycles. The fourth-order valence-electron chi connectivity index (χ4n) is 1.41. The van der Waals surface area contributed by atoms with Crippen molar-refractivity contribution in [2.45, 2.75) is 13.3 Å². The van der Waals surface area contributed by atoms with Crippen LogP contribution in [0, 0.1) is 0 Å². The minimum Gasteiger partial charge on any atom is -0.465 e. The van der Waals surface area contributed by atoms with Crippen molar-refractivity contribution in [1.82, 2.24) is 0 Å². The van der Waals surface area contributed by atoms with Crippen LogP contribution < -0.4 is 4.74 Å². The molecule has 0 amide bonds. The monoisotopic (exact) mass is 236 g/mol. The van der Waals surface area contributed by atoms with Gasteiger partial charge >= 0.3 is 11.9 Å². The van der Waals surface area contributed by atoms with E-state index in [1.165, 1.54) is 20.1 Å². The number of carbonyl (C=O) groups is 3. The van der Waals surface area contributed by atoms with Crippen molar-refractivity contribution in [1.29, 1.82) is 0 Å². The van der Waals surface area contributed by atoms with Gasteiger partial charge in [-0.2, -0.15) is 0 Å². The highest BCUT2D eigenvalue weighted by Crippen LogP contribution is 2.23. The van der Waals surface area contributed by atoms with Gasteiger partial charge in [-0.3, -0.25) is 4.79 Å². The number of hydrogen-bond acceptors (Lipinski definition) is 5. The maximum atomic E-state index is 11.6. The summed E-state index contributed by atoms with van der Waals surface area (Å²) in [4.78, 5) is 33.0. The molecule has 1 aromatic carbocycles. The Kier molecular flexibility index (Phi) is 4.39. The molecule has 0 radical (unpaired) electrons. The van der Waals surface area contributed by atoms with Crippen LogP contribution in [0.5, 0.6) is 5.75 Å². The summed E-state index contributed by atoms with van der Waals surface area (Å²) in [5.74, 6) is -1.08. The second kappa shape index (κ2) is 5.79. The van der Waals surface area contributed by atoms with Gasteiger partial charge in [-0.05, 0) is 11.6 Å². The van der Waals surface area contributed by atoms with Crippen molar-refractivity contribution < 1.29 is 23.9 Å². The van der Waals surface area contributed by atoms with E-state index in [4.69, 9.17) is 4.74 Å². The zero-order valence-electron chi connectivity index (χ0n) is 9.56. The van der Waals surface area contributed by atoms with E-state index in [1.807, 2.05) is 0 Å². The number of rotatable bonds is 4. The smallest absolute Gasteiger partial charge is 0.341 e. The molecule has 0 N–H and O–H groups in total. The summed E-state index contributed by atoms with van der Waals surface area (Å²) < 4.78 is 9.50. The summed E-state index contributed by atoms with van der Waals surface area (Å²) in [5, 5.41) is 0. The number of ether oxygens (including phenoxy) is 2. The predicted molar refractivity (Wildman–Crippen MR) is 58.9 cm³/mol. The lowest BCUT2D eigenvalue weighted by molar-refractivity contribution is -0.131. The van der Waals surface area contributed by atoms with E-state index in [1.54, 1.807) is 12.1 Å². The first-order valence-electron chi connectivity index (χ1n) is 4.92. The summed E-state index contributed by atoms with van der Waals surface area (Å²) in [7, 11) is 1.22. The van der Waals surface area contributed by atoms with E-state index >= 15 is 0 Å². The van der Waals surface area contributed by atoms with Crippen LogP contribution in [0.1, 0.15) is 22.8 Å². The van der Waals surface area contributed by atoms with Crippen LogP contribution in [0.4, 0.5) is 0 Å². The summed E-state index contributed by atoms with van der Waals surface area (Å²) in [6.07, 6.45) is 0.721. The first-order valence-corrected chi connectivity index (χ1v) is 4.92. The van der Waals surface area contributed by atoms with Gasteiger partial charge in [0.25, 0.3) is 0 Å². The van der Waals surface area contributed by atoms with Gasteiger partial charge in [-0.25, -0.2) is 4.79 Å². The molecule has 0 bridgehead atoms. The Morgan fingerprint density at radius 3 is 2.59 bits per heavy atom. The summed E-state index contributed by atoms with van der Waals surface area (Å²) in [6.45, 7) is 1.23. The summed E-state index contributed by atoms with van der Waals surface area (Å²) in [5.41, 5.74) is 0.572. The third-order valence-electron chi connectivity index (χ3n) is 2.06. The molecule has 0 unspecified atom stereocenters. The Labute approximate surface area is 98.3 Å². The van der Waals surface area contributed by atoms with Crippen LogP contribution >= 0.6 is 0 Å². The van der Waals surface area contributed by atoms with Gasteiger partial charge in [0, 0.05) is 13.3 Å².